The minimum atomic E-state index is -0.316. The van der Waals surface area contributed by atoms with Crippen molar-refractivity contribution in [3.63, 3.8) is 0 Å². The number of rotatable bonds is 9. The molecule has 0 aliphatic rings. The summed E-state index contributed by atoms with van der Waals surface area (Å²) in [5, 5.41) is 6.75. The van der Waals surface area contributed by atoms with Crippen molar-refractivity contribution in [3.05, 3.63) is 83.0 Å². The van der Waals surface area contributed by atoms with E-state index < -0.39 is 0 Å². The van der Waals surface area contributed by atoms with Gasteiger partial charge in [0.05, 0.1) is 12.1 Å². The van der Waals surface area contributed by atoms with Gasteiger partial charge in [0, 0.05) is 31.0 Å². The van der Waals surface area contributed by atoms with E-state index in [9.17, 15) is 9.59 Å². The number of aryl methyl sites for hydroxylation is 1. The molecule has 7 nitrogen and oxygen atoms in total. The van der Waals surface area contributed by atoms with Crippen molar-refractivity contribution in [1.29, 1.82) is 0 Å². The first-order valence-corrected chi connectivity index (χ1v) is 10.5. The summed E-state index contributed by atoms with van der Waals surface area (Å²) in [5.74, 6) is 0.0245. The van der Waals surface area contributed by atoms with Gasteiger partial charge in [0.1, 0.15) is 0 Å². The maximum absolute atomic E-state index is 13.1. The van der Waals surface area contributed by atoms with Crippen LogP contribution in [0.2, 0.25) is 0 Å². The lowest BCUT2D eigenvalue weighted by atomic mass is 10.1. The highest BCUT2D eigenvalue weighted by molar-refractivity contribution is 5.94. The van der Waals surface area contributed by atoms with Gasteiger partial charge in [-0.2, -0.15) is 0 Å². The number of carbonyl (C=O) groups excluding carboxylic acids is 2. The first kappa shape index (κ1) is 22.2. The molecule has 1 aromatic carbocycles. The van der Waals surface area contributed by atoms with Gasteiger partial charge in [-0.3, -0.25) is 14.6 Å². The average molecular weight is 421 g/mol. The SMILES string of the molecule is CCC(CC)N(Cc1cc(C(=O)NCc2ccc(C)cc2)no1)C(=O)c1cccnc1. The number of benzene rings is 1. The van der Waals surface area contributed by atoms with Gasteiger partial charge in [-0.05, 0) is 37.5 Å². The molecule has 162 valence electrons. The highest BCUT2D eigenvalue weighted by Gasteiger charge is 2.25. The topological polar surface area (TPSA) is 88.3 Å². The maximum Gasteiger partial charge on any atom is 0.273 e. The van der Waals surface area contributed by atoms with Crippen LogP contribution >= 0.6 is 0 Å². The summed E-state index contributed by atoms with van der Waals surface area (Å²) in [6.07, 6.45) is 4.80. The predicted molar refractivity (Wildman–Crippen MR) is 117 cm³/mol. The molecule has 2 heterocycles. The molecule has 0 fully saturated rings. The van der Waals surface area contributed by atoms with Crippen molar-refractivity contribution in [2.24, 2.45) is 0 Å². The summed E-state index contributed by atoms with van der Waals surface area (Å²) < 4.78 is 5.39. The fraction of sp³-hybridized carbons (Fsp3) is 0.333. The quantitative estimate of drug-likeness (QED) is 0.562. The molecule has 0 saturated heterocycles. The molecule has 3 aromatic rings. The molecule has 2 amide bonds. The van der Waals surface area contributed by atoms with E-state index >= 15 is 0 Å². The fourth-order valence-corrected chi connectivity index (χ4v) is 3.39. The third-order valence-corrected chi connectivity index (χ3v) is 5.24. The number of hydrogen-bond acceptors (Lipinski definition) is 5. The molecule has 2 aromatic heterocycles. The van der Waals surface area contributed by atoms with E-state index in [0.717, 1.165) is 18.4 Å². The molecular formula is C24H28N4O3. The molecule has 7 heteroatoms. The number of hydrogen-bond donors (Lipinski definition) is 1. The zero-order chi connectivity index (χ0) is 22.2. The minimum Gasteiger partial charge on any atom is -0.359 e. The molecule has 0 atom stereocenters. The van der Waals surface area contributed by atoms with Crippen molar-refractivity contribution >= 4 is 11.8 Å². The Balaban J connectivity index is 1.69. The molecule has 0 aliphatic carbocycles. The zero-order valence-corrected chi connectivity index (χ0v) is 18.2. The molecule has 0 unspecified atom stereocenters. The van der Waals surface area contributed by atoms with Crippen molar-refractivity contribution in [1.82, 2.24) is 20.4 Å². The highest BCUT2D eigenvalue weighted by atomic mass is 16.5. The van der Waals surface area contributed by atoms with Crippen molar-refractivity contribution in [2.75, 3.05) is 0 Å². The van der Waals surface area contributed by atoms with Crippen LogP contribution < -0.4 is 5.32 Å². The highest BCUT2D eigenvalue weighted by Crippen LogP contribution is 2.18. The van der Waals surface area contributed by atoms with Gasteiger partial charge in [0.2, 0.25) is 0 Å². The number of nitrogens with zero attached hydrogens (tertiary/aromatic N) is 3. The Morgan fingerprint density at radius 1 is 1.13 bits per heavy atom. The second-order valence-corrected chi connectivity index (χ2v) is 7.49. The standard InChI is InChI=1S/C24H28N4O3/c1-4-20(5-2)28(24(30)19-7-6-12-25-15-19)16-21-13-22(27-31-21)23(29)26-14-18-10-8-17(3)9-11-18/h6-13,15,20H,4-5,14,16H2,1-3H3,(H,26,29). The molecular weight excluding hydrogens is 392 g/mol. The van der Waals surface area contributed by atoms with Crippen LogP contribution in [0.15, 0.2) is 59.4 Å². The van der Waals surface area contributed by atoms with Gasteiger partial charge in [-0.25, -0.2) is 0 Å². The monoisotopic (exact) mass is 420 g/mol. The van der Waals surface area contributed by atoms with E-state index in [1.807, 2.05) is 45.0 Å². The number of nitrogens with one attached hydrogen (secondary N) is 1. The molecule has 0 saturated carbocycles. The van der Waals surface area contributed by atoms with E-state index in [-0.39, 0.29) is 30.1 Å². The third kappa shape index (κ3) is 5.78. The number of carbonyl (C=O) groups is 2. The summed E-state index contributed by atoms with van der Waals surface area (Å²) in [5.41, 5.74) is 2.88. The van der Waals surface area contributed by atoms with Gasteiger partial charge >= 0.3 is 0 Å². The van der Waals surface area contributed by atoms with Gasteiger partial charge in [-0.15, -0.1) is 0 Å². The number of amides is 2. The van der Waals surface area contributed by atoms with Gasteiger partial charge in [-0.1, -0.05) is 48.8 Å². The Morgan fingerprint density at radius 3 is 2.52 bits per heavy atom. The molecule has 0 radical (unpaired) electrons. The summed E-state index contributed by atoms with van der Waals surface area (Å²) in [6, 6.07) is 13.1. The van der Waals surface area contributed by atoms with Crippen LogP contribution in [0.1, 0.15) is 64.4 Å². The van der Waals surface area contributed by atoms with Gasteiger partial charge < -0.3 is 14.7 Å². The lowest BCUT2D eigenvalue weighted by Gasteiger charge is -2.29. The Labute approximate surface area is 182 Å². The van der Waals surface area contributed by atoms with E-state index in [2.05, 4.69) is 15.5 Å². The van der Waals surface area contributed by atoms with Crippen molar-refractivity contribution < 1.29 is 14.1 Å². The van der Waals surface area contributed by atoms with Crippen LogP contribution in [-0.2, 0) is 13.1 Å². The second kappa shape index (κ2) is 10.5. The normalized spacial score (nSPS) is 10.8. The molecule has 1 N–H and O–H groups in total. The van der Waals surface area contributed by atoms with E-state index in [1.165, 1.54) is 5.56 Å². The molecule has 0 bridgehead atoms. The van der Waals surface area contributed by atoms with Gasteiger partial charge in [0.15, 0.2) is 11.5 Å². The van der Waals surface area contributed by atoms with Crippen LogP contribution in [0.5, 0.6) is 0 Å². The zero-order valence-electron chi connectivity index (χ0n) is 18.2. The lowest BCUT2D eigenvalue weighted by Crippen LogP contribution is -2.39. The Morgan fingerprint density at radius 2 is 1.87 bits per heavy atom. The lowest BCUT2D eigenvalue weighted by molar-refractivity contribution is 0.0627. The van der Waals surface area contributed by atoms with E-state index in [4.69, 9.17) is 4.52 Å². The van der Waals surface area contributed by atoms with Crippen LogP contribution in [-0.4, -0.2) is 32.9 Å². The van der Waals surface area contributed by atoms with Gasteiger partial charge in [0.25, 0.3) is 11.8 Å². The smallest absolute Gasteiger partial charge is 0.273 e. The summed E-state index contributed by atoms with van der Waals surface area (Å²) in [4.78, 5) is 31.3. The van der Waals surface area contributed by atoms with Crippen LogP contribution in [0.25, 0.3) is 0 Å². The number of aromatic nitrogens is 2. The van der Waals surface area contributed by atoms with E-state index in [0.29, 0.717) is 17.9 Å². The molecule has 0 aliphatic heterocycles. The Kier molecular flexibility index (Phi) is 7.54. The van der Waals surface area contributed by atoms with Crippen LogP contribution in [0.4, 0.5) is 0 Å². The fourth-order valence-electron chi connectivity index (χ4n) is 3.39. The molecule has 31 heavy (non-hydrogen) atoms. The first-order valence-electron chi connectivity index (χ1n) is 10.5. The molecule has 3 rings (SSSR count). The summed E-state index contributed by atoms with van der Waals surface area (Å²) in [7, 11) is 0. The van der Waals surface area contributed by atoms with E-state index in [1.54, 1.807) is 35.5 Å². The molecule has 0 spiro atoms. The van der Waals surface area contributed by atoms with Crippen molar-refractivity contribution in [2.45, 2.75) is 52.7 Å². The van der Waals surface area contributed by atoms with Crippen LogP contribution in [0.3, 0.4) is 0 Å². The van der Waals surface area contributed by atoms with Crippen LogP contribution in [0, 0.1) is 6.92 Å². The largest absolute Gasteiger partial charge is 0.359 e. The predicted octanol–water partition coefficient (Wildman–Crippen LogP) is 4.14. The third-order valence-electron chi connectivity index (χ3n) is 5.24. The first-order chi connectivity index (χ1) is 15.0. The number of pyridine rings is 1. The van der Waals surface area contributed by atoms with Crippen molar-refractivity contribution in [3.8, 4) is 0 Å². The Bertz CT molecular complexity index is 995. The summed E-state index contributed by atoms with van der Waals surface area (Å²) >= 11 is 0. The second-order valence-electron chi connectivity index (χ2n) is 7.49. The maximum atomic E-state index is 13.1. The average Bonchev–Trinajstić information content (AvgIpc) is 3.27. The summed E-state index contributed by atoms with van der Waals surface area (Å²) in [6.45, 7) is 6.74. The minimum absolute atomic E-state index is 0.0385. The Hall–Kier alpha value is -3.48.